The molecule has 1 aliphatic heterocycles. The maximum Gasteiger partial charge on any atom is 0.237 e. The van der Waals surface area contributed by atoms with E-state index in [4.69, 9.17) is 9.47 Å². The predicted octanol–water partition coefficient (Wildman–Crippen LogP) is 4.96. The Hall–Kier alpha value is -3.64. The fourth-order valence-corrected chi connectivity index (χ4v) is 6.45. The minimum Gasteiger partial charge on any atom is -0.495 e. The van der Waals surface area contributed by atoms with Crippen molar-refractivity contribution in [1.29, 1.82) is 0 Å². The number of nitrogens with zero attached hydrogens (tertiary/aromatic N) is 2. The highest BCUT2D eigenvalue weighted by molar-refractivity contribution is 6.04. The Kier molecular flexibility index (Phi) is 6.46. The van der Waals surface area contributed by atoms with E-state index in [0.29, 0.717) is 37.1 Å². The highest BCUT2D eigenvalue weighted by atomic mass is 16.5. The summed E-state index contributed by atoms with van der Waals surface area (Å²) in [6.07, 6.45) is 11.4. The van der Waals surface area contributed by atoms with E-state index in [9.17, 15) is 4.79 Å². The molecule has 3 aromatic rings. The molecule has 1 fully saturated rings. The van der Waals surface area contributed by atoms with Crippen LogP contribution in [-0.4, -0.2) is 51.5 Å². The largest absolute Gasteiger partial charge is 0.495 e. The first kappa shape index (κ1) is 25.6. The van der Waals surface area contributed by atoms with Crippen molar-refractivity contribution in [2.75, 3.05) is 19.8 Å². The van der Waals surface area contributed by atoms with Crippen LogP contribution in [0.1, 0.15) is 69.1 Å². The quantitative estimate of drug-likeness (QED) is 0.423. The molecule has 6 nitrogen and oxygen atoms in total. The van der Waals surface area contributed by atoms with Gasteiger partial charge in [-0.25, -0.2) is 4.98 Å². The van der Waals surface area contributed by atoms with Crippen molar-refractivity contribution in [2.24, 2.45) is 0 Å². The number of fused-ring (bicyclic) bond motifs is 2. The van der Waals surface area contributed by atoms with Crippen LogP contribution in [0.15, 0.2) is 66.1 Å². The number of hydrogen-bond acceptors (Lipinski definition) is 5. The number of nitrogens with one attached hydrogen (secondary N) is 1. The van der Waals surface area contributed by atoms with Gasteiger partial charge in [0.15, 0.2) is 11.4 Å². The van der Waals surface area contributed by atoms with Gasteiger partial charge in [0.1, 0.15) is 5.76 Å². The van der Waals surface area contributed by atoms with Crippen molar-refractivity contribution < 1.29 is 14.3 Å². The van der Waals surface area contributed by atoms with E-state index in [1.165, 1.54) is 16.0 Å². The van der Waals surface area contributed by atoms with Gasteiger partial charge in [-0.05, 0) is 85.0 Å². The molecule has 2 aromatic carbocycles. The fourth-order valence-electron chi connectivity index (χ4n) is 6.45. The number of H-pyrrole nitrogens is 1. The van der Waals surface area contributed by atoms with Gasteiger partial charge in [0.25, 0.3) is 0 Å². The van der Waals surface area contributed by atoms with Crippen molar-refractivity contribution in [3.63, 3.8) is 0 Å². The van der Waals surface area contributed by atoms with E-state index >= 15 is 0 Å². The zero-order chi connectivity index (χ0) is 27.2. The van der Waals surface area contributed by atoms with E-state index in [1.807, 2.05) is 44.2 Å². The topological polar surface area (TPSA) is 67.5 Å². The van der Waals surface area contributed by atoms with E-state index < -0.39 is 5.60 Å². The molecule has 6 rings (SSSR count). The average Bonchev–Trinajstić information content (AvgIpc) is 3.65. The summed E-state index contributed by atoms with van der Waals surface area (Å²) in [4.78, 5) is 24.7. The number of carbonyl (C=O) groups excluding carboxylic acids is 1. The number of aromatic nitrogens is 2. The molecule has 2 heterocycles. The van der Waals surface area contributed by atoms with Gasteiger partial charge >= 0.3 is 0 Å². The Bertz CT molecular complexity index is 1580. The van der Waals surface area contributed by atoms with Crippen molar-refractivity contribution in [3.05, 3.63) is 87.9 Å². The maximum absolute atomic E-state index is 14.3. The second kappa shape index (κ2) is 9.83. The van der Waals surface area contributed by atoms with Gasteiger partial charge < -0.3 is 19.4 Å². The Morgan fingerprint density at radius 3 is 2.67 bits per heavy atom. The summed E-state index contributed by atoms with van der Waals surface area (Å²) in [7, 11) is 0. The summed E-state index contributed by atoms with van der Waals surface area (Å²) < 4.78 is 12.5. The van der Waals surface area contributed by atoms with Gasteiger partial charge in [0.2, 0.25) is 5.78 Å². The van der Waals surface area contributed by atoms with Crippen molar-refractivity contribution in [1.82, 2.24) is 14.9 Å². The number of allylic oxidation sites excluding steroid dienone is 2. The molecule has 3 aliphatic rings. The lowest BCUT2D eigenvalue weighted by molar-refractivity contribution is -0.0361. The van der Waals surface area contributed by atoms with Gasteiger partial charge in [-0.1, -0.05) is 44.2 Å². The number of hydrogen-bond donors (Lipinski definition) is 1. The third-order valence-electron chi connectivity index (χ3n) is 8.31. The van der Waals surface area contributed by atoms with Crippen LogP contribution in [-0.2, 0) is 9.47 Å². The third kappa shape index (κ3) is 4.22. The molecular formula is C33H37N3O3. The second-order valence-electron chi connectivity index (χ2n) is 11.1. The van der Waals surface area contributed by atoms with Crippen LogP contribution in [0.3, 0.4) is 0 Å². The van der Waals surface area contributed by atoms with Gasteiger partial charge in [0, 0.05) is 25.3 Å². The van der Waals surface area contributed by atoms with Crippen LogP contribution in [0.5, 0.6) is 0 Å². The molecule has 2 unspecified atom stereocenters. The van der Waals surface area contributed by atoms with Gasteiger partial charge in [-0.2, -0.15) is 0 Å². The Morgan fingerprint density at radius 1 is 1.08 bits per heavy atom. The number of carbonyl (C=O) groups is 1. The van der Waals surface area contributed by atoms with Crippen LogP contribution in [0.2, 0.25) is 0 Å². The second-order valence-corrected chi connectivity index (χ2v) is 11.1. The van der Waals surface area contributed by atoms with E-state index in [1.54, 1.807) is 0 Å². The lowest BCUT2D eigenvalue weighted by atomic mass is 9.84. The first-order chi connectivity index (χ1) is 18.9. The fraction of sp³-hybridized carbons (Fsp3) is 0.394. The molecular weight excluding hydrogens is 486 g/mol. The summed E-state index contributed by atoms with van der Waals surface area (Å²) in [5.41, 5.74) is 2.52. The maximum atomic E-state index is 14.3. The van der Waals surface area contributed by atoms with Crippen molar-refractivity contribution in [2.45, 2.75) is 64.0 Å². The van der Waals surface area contributed by atoms with Gasteiger partial charge in [0.05, 0.1) is 23.2 Å². The predicted molar refractivity (Wildman–Crippen MR) is 155 cm³/mol. The number of benzene rings is 2. The first-order valence-corrected chi connectivity index (χ1v) is 14.2. The minimum atomic E-state index is -1.29. The molecule has 0 saturated carbocycles. The van der Waals surface area contributed by atoms with Crippen LogP contribution in [0, 0.1) is 0 Å². The summed E-state index contributed by atoms with van der Waals surface area (Å²) in [6, 6.07) is 14.5. The SMILES string of the molecule is CCOC1=CC=C(N2CCCC23C=c2ccc(C(C)C)cc2=C3)CC1(OCC)C(=O)c1nc2ccccc2[nH]1. The Labute approximate surface area is 229 Å². The van der Waals surface area contributed by atoms with E-state index in [2.05, 4.69) is 65.1 Å². The Morgan fingerprint density at radius 2 is 1.90 bits per heavy atom. The third-order valence-corrected chi connectivity index (χ3v) is 8.31. The first-order valence-electron chi connectivity index (χ1n) is 14.2. The molecule has 1 aromatic heterocycles. The van der Waals surface area contributed by atoms with Crippen LogP contribution in [0.4, 0.5) is 0 Å². The van der Waals surface area contributed by atoms with E-state index in [-0.39, 0.29) is 11.3 Å². The van der Waals surface area contributed by atoms with Crippen LogP contribution < -0.4 is 10.4 Å². The summed E-state index contributed by atoms with van der Waals surface area (Å²) in [5, 5.41) is 2.58. The molecule has 2 aliphatic carbocycles. The number of ketones is 1. The van der Waals surface area contributed by atoms with Gasteiger partial charge in [-0.3, -0.25) is 4.79 Å². The molecule has 1 spiro atoms. The number of imidazole rings is 1. The molecule has 0 amide bonds. The molecule has 0 bridgehead atoms. The summed E-state index contributed by atoms with van der Waals surface area (Å²) in [6.45, 7) is 10.1. The number of Topliss-reactive ketones (excluding diaryl/α,β-unsaturated/α-hetero) is 1. The minimum absolute atomic E-state index is 0.205. The van der Waals surface area contributed by atoms with Crippen LogP contribution in [0.25, 0.3) is 23.2 Å². The number of rotatable bonds is 8. The molecule has 2 atom stereocenters. The number of ether oxygens (including phenoxy) is 2. The highest BCUT2D eigenvalue weighted by Crippen LogP contribution is 2.44. The number of aromatic amines is 1. The molecule has 0 radical (unpaired) electrons. The summed E-state index contributed by atoms with van der Waals surface area (Å²) in [5.74, 6) is 1.11. The molecule has 39 heavy (non-hydrogen) atoms. The lowest BCUT2D eigenvalue weighted by Gasteiger charge is -2.42. The van der Waals surface area contributed by atoms with Crippen LogP contribution >= 0.6 is 0 Å². The van der Waals surface area contributed by atoms with Crippen molar-refractivity contribution >= 4 is 29.0 Å². The Balaban J connectivity index is 1.41. The average molecular weight is 524 g/mol. The molecule has 202 valence electrons. The van der Waals surface area contributed by atoms with E-state index in [0.717, 1.165) is 36.1 Å². The standard InChI is InChI=1S/C33H37N3O3/c1-5-38-29-15-14-26(21-33(29,39-6-2)30(37)31-34-27-10-7-8-11-28(27)35-31)36-17-9-16-32(36)19-24-13-12-23(22(3)4)18-25(24)20-32/h7-8,10-15,18-20,22H,5-6,9,16-17,21H2,1-4H3,(H,34,35). The number of likely N-dealkylation sites (tertiary alicyclic amines) is 1. The smallest absolute Gasteiger partial charge is 0.237 e. The molecule has 1 saturated heterocycles. The molecule has 1 N–H and O–H groups in total. The van der Waals surface area contributed by atoms with Crippen molar-refractivity contribution in [3.8, 4) is 0 Å². The molecule has 6 heteroatoms. The van der Waals surface area contributed by atoms with Gasteiger partial charge in [-0.15, -0.1) is 0 Å². The lowest BCUT2D eigenvalue weighted by Crippen LogP contribution is -2.50. The summed E-state index contributed by atoms with van der Waals surface area (Å²) >= 11 is 0. The zero-order valence-corrected chi connectivity index (χ0v) is 23.3. The number of para-hydroxylation sites is 2. The zero-order valence-electron chi connectivity index (χ0n) is 23.3. The normalized spacial score (nSPS) is 24.0. The highest BCUT2D eigenvalue weighted by Gasteiger charge is 2.51. The monoisotopic (exact) mass is 523 g/mol.